The van der Waals surface area contributed by atoms with Gasteiger partial charge in [-0.3, -0.25) is 14.7 Å². The Morgan fingerprint density at radius 2 is 2.08 bits per heavy atom. The SMILES string of the molecule is COCC(=O)Nc1ccc(NC(=O)c2cc(C(F)F)[nH]n2)cc1Cl. The van der Waals surface area contributed by atoms with E-state index in [0.29, 0.717) is 11.4 Å². The Hall–Kier alpha value is -2.52. The van der Waals surface area contributed by atoms with Gasteiger partial charge in [-0.15, -0.1) is 0 Å². The molecule has 1 heterocycles. The van der Waals surface area contributed by atoms with Gasteiger partial charge in [0.05, 0.1) is 10.7 Å². The number of nitrogens with zero attached hydrogens (tertiary/aromatic N) is 1. The number of carbonyl (C=O) groups excluding carboxylic acids is 2. The molecule has 2 amide bonds. The first-order chi connectivity index (χ1) is 11.4. The highest BCUT2D eigenvalue weighted by atomic mass is 35.5. The summed E-state index contributed by atoms with van der Waals surface area (Å²) in [7, 11) is 1.38. The Morgan fingerprint density at radius 1 is 1.33 bits per heavy atom. The maximum Gasteiger partial charge on any atom is 0.279 e. The number of anilines is 2. The van der Waals surface area contributed by atoms with Gasteiger partial charge in [-0.05, 0) is 24.3 Å². The molecule has 0 aliphatic rings. The molecular weight excluding hydrogens is 346 g/mol. The molecule has 2 aromatic rings. The van der Waals surface area contributed by atoms with Crippen molar-refractivity contribution in [3.8, 4) is 0 Å². The van der Waals surface area contributed by atoms with Crippen molar-refractivity contribution in [2.75, 3.05) is 24.4 Å². The zero-order valence-electron chi connectivity index (χ0n) is 12.4. The van der Waals surface area contributed by atoms with E-state index >= 15 is 0 Å². The van der Waals surface area contributed by atoms with E-state index in [1.807, 2.05) is 0 Å². The quantitative estimate of drug-likeness (QED) is 0.739. The van der Waals surface area contributed by atoms with E-state index in [1.165, 1.54) is 25.3 Å². The number of rotatable bonds is 6. The largest absolute Gasteiger partial charge is 0.375 e. The van der Waals surface area contributed by atoms with Crippen molar-refractivity contribution in [1.29, 1.82) is 0 Å². The van der Waals surface area contributed by atoms with Gasteiger partial charge >= 0.3 is 0 Å². The van der Waals surface area contributed by atoms with Crippen molar-refractivity contribution in [2.24, 2.45) is 0 Å². The Morgan fingerprint density at radius 3 is 2.67 bits per heavy atom. The number of aromatic nitrogens is 2. The fourth-order valence-corrected chi connectivity index (χ4v) is 2.00. The van der Waals surface area contributed by atoms with Crippen LogP contribution in [0.2, 0.25) is 5.02 Å². The van der Waals surface area contributed by atoms with Gasteiger partial charge in [0.1, 0.15) is 12.3 Å². The second kappa shape index (κ2) is 7.84. The normalized spacial score (nSPS) is 10.7. The Bertz CT molecular complexity index is 751. The Balaban J connectivity index is 2.05. The third kappa shape index (κ3) is 4.49. The summed E-state index contributed by atoms with van der Waals surface area (Å²) in [5.74, 6) is -1.06. The fourth-order valence-electron chi connectivity index (χ4n) is 1.77. The molecule has 0 radical (unpaired) electrons. The number of aromatic amines is 1. The first-order valence-corrected chi connectivity index (χ1v) is 7.01. The third-order valence-corrected chi connectivity index (χ3v) is 3.15. The number of benzene rings is 1. The summed E-state index contributed by atoms with van der Waals surface area (Å²) in [6, 6.07) is 5.34. The summed E-state index contributed by atoms with van der Waals surface area (Å²) in [6.07, 6.45) is -2.75. The molecule has 1 aromatic heterocycles. The lowest BCUT2D eigenvalue weighted by molar-refractivity contribution is -0.119. The van der Waals surface area contributed by atoms with Crippen LogP contribution in [0.1, 0.15) is 22.6 Å². The van der Waals surface area contributed by atoms with Crippen LogP contribution in [0, 0.1) is 0 Å². The minimum Gasteiger partial charge on any atom is -0.375 e. The van der Waals surface area contributed by atoms with Gasteiger partial charge in [-0.1, -0.05) is 11.6 Å². The lowest BCUT2D eigenvalue weighted by atomic mass is 10.2. The number of amides is 2. The molecule has 0 saturated carbocycles. The molecule has 10 heteroatoms. The highest BCUT2D eigenvalue weighted by Crippen LogP contribution is 2.26. The predicted octanol–water partition coefficient (Wildman–Crippen LogP) is 2.84. The first kappa shape index (κ1) is 17.8. The monoisotopic (exact) mass is 358 g/mol. The molecule has 0 atom stereocenters. The smallest absolute Gasteiger partial charge is 0.279 e. The van der Waals surface area contributed by atoms with E-state index < -0.39 is 18.0 Å². The maximum absolute atomic E-state index is 12.5. The van der Waals surface area contributed by atoms with Crippen molar-refractivity contribution in [3.05, 3.63) is 40.7 Å². The summed E-state index contributed by atoms with van der Waals surface area (Å²) in [5.41, 5.74) is 0.0288. The number of hydrogen-bond acceptors (Lipinski definition) is 4. The number of nitrogens with one attached hydrogen (secondary N) is 3. The topological polar surface area (TPSA) is 96.1 Å². The van der Waals surface area contributed by atoms with Gasteiger partial charge in [0, 0.05) is 12.8 Å². The number of methoxy groups -OCH3 is 1. The molecular formula is C14H13ClF2N4O3. The zero-order valence-corrected chi connectivity index (χ0v) is 13.2. The molecule has 2 rings (SSSR count). The average Bonchev–Trinajstić information content (AvgIpc) is 3.00. The second-order valence-electron chi connectivity index (χ2n) is 4.64. The molecule has 3 N–H and O–H groups in total. The molecule has 0 bridgehead atoms. The van der Waals surface area contributed by atoms with Crippen LogP contribution in [-0.4, -0.2) is 35.7 Å². The van der Waals surface area contributed by atoms with Gasteiger partial charge in [-0.2, -0.15) is 5.10 Å². The molecule has 0 saturated heterocycles. The highest BCUT2D eigenvalue weighted by Gasteiger charge is 2.16. The number of ether oxygens (including phenoxy) is 1. The Kier molecular flexibility index (Phi) is 5.83. The van der Waals surface area contributed by atoms with Crippen molar-refractivity contribution < 1.29 is 23.1 Å². The minimum atomic E-state index is -2.75. The van der Waals surface area contributed by atoms with Crippen LogP contribution in [0.3, 0.4) is 0 Å². The van der Waals surface area contributed by atoms with Crippen LogP contribution in [0.4, 0.5) is 20.2 Å². The molecule has 7 nitrogen and oxygen atoms in total. The van der Waals surface area contributed by atoms with Crippen LogP contribution in [-0.2, 0) is 9.53 Å². The Labute approximate surface area is 140 Å². The molecule has 128 valence electrons. The van der Waals surface area contributed by atoms with Gasteiger partial charge in [0.15, 0.2) is 5.69 Å². The minimum absolute atomic E-state index is 0.125. The van der Waals surface area contributed by atoms with Crippen LogP contribution < -0.4 is 10.6 Å². The molecule has 1 aromatic carbocycles. The van der Waals surface area contributed by atoms with Crippen molar-refractivity contribution in [3.63, 3.8) is 0 Å². The standard InChI is InChI=1S/C14H13ClF2N4O3/c1-24-6-12(22)19-9-3-2-7(4-8(9)15)18-14(23)11-5-10(13(16)17)20-21-11/h2-5,13H,6H2,1H3,(H,18,23)(H,19,22)(H,20,21). The van der Waals surface area contributed by atoms with E-state index in [0.717, 1.165) is 6.07 Å². The van der Waals surface area contributed by atoms with E-state index in [2.05, 4.69) is 25.6 Å². The molecule has 0 unspecified atom stereocenters. The van der Waals surface area contributed by atoms with Crippen LogP contribution in [0.25, 0.3) is 0 Å². The van der Waals surface area contributed by atoms with Gasteiger partial charge in [0.2, 0.25) is 5.91 Å². The van der Waals surface area contributed by atoms with E-state index in [-0.39, 0.29) is 23.2 Å². The zero-order chi connectivity index (χ0) is 17.7. The van der Waals surface area contributed by atoms with E-state index in [4.69, 9.17) is 11.6 Å². The summed E-state index contributed by atoms with van der Waals surface area (Å²) in [4.78, 5) is 23.4. The molecule has 24 heavy (non-hydrogen) atoms. The lowest BCUT2D eigenvalue weighted by Gasteiger charge is -2.09. The fraction of sp³-hybridized carbons (Fsp3) is 0.214. The van der Waals surface area contributed by atoms with Gasteiger partial charge in [-0.25, -0.2) is 8.78 Å². The number of carbonyl (C=O) groups is 2. The lowest BCUT2D eigenvalue weighted by Crippen LogP contribution is -2.17. The number of alkyl halides is 2. The summed E-state index contributed by atoms with van der Waals surface area (Å²) in [6.45, 7) is -0.125. The van der Waals surface area contributed by atoms with Gasteiger partial charge < -0.3 is 15.4 Å². The van der Waals surface area contributed by atoms with Crippen LogP contribution >= 0.6 is 11.6 Å². The van der Waals surface area contributed by atoms with E-state index in [1.54, 1.807) is 0 Å². The molecule has 0 aliphatic heterocycles. The summed E-state index contributed by atoms with van der Waals surface area (Å²) in [5, 5.41) is 10.8. The van der Waals surface area contributed by atoms with Crippen LogP contribution in [0.5, 0.6) is 0 Å². The number of hydrogen-bond donors (Lipinski definition) is 3. The second-order valence-corrected chi connectivity index (χ2v) is 5.05. The van der Waals surface area contributed by atoms with Crippen molar-refractivity contribution in [1.82, 2.24) is 10.2 Å². The molecule has 0 fully saturated rings. The number of H-pyrrole nitrogens is 1. The number of halogens is 3. The predicted molar refractivity (Wildman–Crippen MR) is 83.5 cm³/mol. The molecule has 0 aliphatic carbocycles. The highest BCUT2D eigenvalue weighted by molar-refractivity contribution is 6.34. The van der Waals surface area contributed by atoms with Crippen molar-refractivity contribution >= 4 is 34.8 Å². The maximum atomic E-state index is 12.5. The summed E-state index contributed by atoms with van der Waals surface area (Å²) >= 11 is 6.02. The third-order valence-electron chi connectivity index (χ3n) is 2.84. The van der Waals surface area contributed by atoms with Gasteiger partial charge in [0.25, 0.3) is 12.3 Å². The first-order valence-electron chi connectivity index (χ1n) is 6.64. The van der Waals surface area contributed by atoms with Crippen LogP contribution in [0.15, 0.2) is 24.3 Å². The average molecular weight is 359 g/mol. The summed E-state index contributed by atoms with van der Waals surface area (Å²) < 4.78 is 29.6. The molecule has 0 spiro atoms. The van der Waals surface area contributed by atoms with E-state index in [9.17, 15) is 18.4 Å². The van der Waals surface area contributed by atoms with Crippen molar-refractivity contribution in [2.45, 2.75) is 6.43 Å².